The molecule has 0 spiro atoms. The Balaban J connectivity index is 0.00000140. The summed E-state index contributed by atoms with van der Waals surface area (Å²) < 4.78 is 27.7. The molecule has 0 unspecified atom stereocenters. The van der Waals surface area contributed by atoms with Gasteiger partial charge in [-0.3, -0.25) is 4.98 Å². The molecule has 1 fully saturated rings. The Morgan fingerprint density at radius 1 is 1.00 bits per heavy atom. The molecule has 0 bridgehead atoms. The minimum Gasteiger partial charge on any atom is -0.358 e. The number of likely N-dealkylation sites (tertiary alicyclic amines) is 1. The molecule has 1 N–H and O–H groups in total. The molecular formula is C21H23Cl2F2N3. The van der Waals surface area contributed by atoms with E-state index < -0.39 is 0 Å². The first-order valence-corrected chi connectivity index (χ1v) is 8.89. The molecule has 1 saturated heterocycles. The highest BCUT2D eigenvalue weighted by Crippen LogP contribution is 2.38. The van der Waals surface area contributed by atoms with E-state index >= 15 is 0 Å². The molecule has 1 aromatic carbocycles. The lowest BCUT2D eigenvalue weighted by molar-refractivity contribution is 0.253. The van der Waals surface area contributed by atoms with Gasteiger partial charge in [-0.15, -0.1) is 24.8 Å². The maximum Gasteiger partial charge on any atom is 0.149 e. The van der Waals surface area contributed by atoms with Gasteiger partial charge in [-0.05, 0) is 74.9 Å². The molecule has 150 valence electrons. The van der Waals surface area contributed by atoms with Gasteiger partial charge < -0.3 is 9.88 Å². The third-order valence-electron chi connectivity index (χ3n) is 5.19. The van der Waals surface area contributed by atoms with Crippen molar-refractivity contribution in [2.24, 2.45) is 0 Å². The van der Waals surface area contributed by atoms with E-state index in [2.05, 4.69) is 21.9 Å². The van der Waals surface area contributed by atoms with Crippen LogP contribution in [0, 0.1) is 11.6 Å². The van der Waals surface area contributed by atoms with Gasteiger partial charge in [-0.2, -0.15) is 0 Å². The fraction of sp³-hybridized carbons (Fsp3) is 0.286. The summed E-state index contributed by atoms with van der Waals surface area (Å²) in [5.41, 5.74) is 4.09. The molecule has 2 aromatic heterocycles. The molecule has 7 heteroatoms. The Morgan fingerprint density at radius 2 is 1.68 bits per heavy atom. The van der Waals surface area contributed by atoms with Crippen LogP contribution in [0.4, 0.5) is 8.78 Å². The largest absolute Gasteiger partial charge is 0.358 e. The summed E-state index contributed by atoms with van der Waals surface area (Å²) in [6.45, 7) is 2.10. The van der Waals surface area contributed by atoms with Gasteiger partial charge in [0, 0.05) is 28.9 Å². The number of aromatic nitrogens is 2. The number of pyridine rings is 1. The Bertz CT molecular complexity index is 904. The number of piperidine rings is 1. The van der Waals surface area contributed by atoms with Crippen LogP contribution in [0.15, 0.2) is 48.8 Å². The Morgan fingerprint density at radius 3 is 2.32 bits per heavy atom. The second kappa shape index (κ2) is 9.50. The maximum atomic E-state index is 14.4. The monoisotopic (exact) mass is 425 g/mol. The number of halogens is 4. The molecule has 0 radical (unpaired) electrons. The van der Waals surface area contributed by atoms with Gasteiger partial charge in [0.1, 0.15) is 11.6 Å². The van der Waals surface area contributed by atoms with Crippen molar-refractivity contribution in [2.45, 2.75) is 18.8 Å². The summed E-state index contributed by atoms with van der Waals surface area (Å²) in [6.07, 6.45) is 4.96. The van der Waals surface area contributed by atoms with Crippen LogP contribution in [-0.2, 0) is 0 Å². The molecule has 0 saturated carbocycles. The van der Waals surface area contributed by atoms with Crippen molar-refractivity contribution in [1.82, 2.24) is 14.9 Å². The van der Waals surface area contributed by atoms with E-state index in [4.69, 9.17) is 0 Å². The first kappa shape index (κ1) is 22.3. The lowest BCUT2D eigenvalue weighted by Gasteiger charge is -2.28. The van der Waals surface area contributed by atoms with Crippen molar-refractivity contribution >= 4 is 24.8 Å². The minimum atomic E-state index is -0.357. The SMILES string of the molecule is CN1CCC(c2cc(-c3ccncc3F)c(-c3ccc(F)cc3)[nH]2)CC1.Cl.Cl. The van der Waals surface area contributed by atoms with Gasteiger partial charge in [0.25, 0.3) is 0 Å². The third-order valence-corrected chi connectivity index (χ3v) is 5.19. The molecule has 3 heterocycles. The fourth-order valence-corrected chi connectivity index (χ4v) is 3.67. The number of rotatable bonds is 3. The predicted molar refractivity (Wildman–Crippen MR) is 113 cm³/mol. The molecule has 3 nitrogen and oxygen atoms in total. The average Bonchev–Trinajstić information content (AvgIpc) is 3.08. The zero-order valence-electron chi connectivity index (χ0n) is 15.5. The van der Waals surface area contributed by atoms with Crippen molar-refractivity contribution in [3.8, 4) is 22.4 Å². The van der Waals surface area contributed by atoms with Crippen LogP contribution in [0.3, 0.4) is 0 Å². The number of hydrogen-bond donors (Lipinski definition) is 1. The van der Waals surface area contributed by atoms with Crippen molar-refractivity contribution in [3.05, 3.63) is 66.1 Å². The topological polar surface area (TPSA) is 31.9 Å². The van der Waals surface area contributed by atoms with Crippen molar-refractivity contribution in [3.63, 3.8) is 0 Å². The van der Waals surface area contributed by atoms with Crippen molar-refractivity contribution < 1.29 is 8.78 Å². The second-order valence-corrected chi connectivity index (χ2v) is 6.95. The number of hydrogen-bond acceptors (Lipinski definition) is 2. The summed E-state index contributed by atoms with van der Waals surface area (Å²) in [7, 11) is 2.13. The number of aromatic amines is 1. The summed E-state index contributed by atoms with van der Waals surface area (Å²) in [5.74, 6) is -0.221. The van der Waals surface area contributed by atoms with E-state index in [1.54, 1.807) is 24.4 Å². The van der Waals surface area contributed by atoms with Gasteiger partial charge in [-0.1, -0.05) is 0 Å². The van der Waals surface area contributed by atoms with E-state index in [-0.39, 0.29) is 36.4 Å². The average molecular weight is 426 g/mol. The summed E-state index contributed by atoms with van der Waals surface area (Å²) in [6, 6.07) is 10.0. The summed E-state index contributed by atoms with van der Waals surface area (Å²) >= 11 is 0. The zero-order chi connectivity index (χ0) is 18.1. The molecule has 1 aliphatic rings. The Hall–Kier alpha value is -1.95. The number of benzene rings is 1. The first-order valence-electron chi connectivity index (χ1n) is 8.89. The fourth-order valence-electron chi connectivity index (χ4n) is 3.67. The van der Waals surface area contributed by atoms with Gasteiger partial charge >= 0.3 is 0 Å². The molecule has 1 aliphatic heterocycles. The van der Waals surface area contributed by atoms with Crippen LogP contribution >= 0.6 is 24.8 Å². The number of H-pyrrole nitrogens is 1. The number of nitrogens with zero attached hydrogens (tertiary/aromatic N) is 2. The Kier molecular flexibility index (Phi) is 7.58. The highest BCUT2D eigenvalue weighted by molar-refractivity contribution is 5.85. The third kappa shape index (κ3) is 4.54. The maximum absolute atomic E-state index is 14.4. The lowest BCUT2D eigenvalue weighted by atomic mass is 9.93. The summed E-state index contributed by atoms with van der Waals surface area (Å²) in [5, 5.41) is 0. The quantitative estimate of drug-likeness (QED) is 0.585. The summed E-state index contributed by atoms with van der Waals surface area (Å²) in [4.78, 5) is 9.67. The van der Waals surface area contributed by atoms with Crippen LogP contribution in [-0.4, -0.2) is 35.0 Å². The molecular weight excluding hydrogens is 403 g/mol. The molecule has 0 amide bonds. The van der Waals surface area contributed by atoms with Gasteiger partial charge in [-0.25, -0.2) is 8.78 Å². The van der Waals surface area contributed by atoms with Gasteiger partial charge in [0.05, 0.1) is 11.9 Å². The van der Waals surface area contributed by atoms with Crippen LogP contribution < -0.4 is 0 Å². The molecule has 0 aliphatic carbocycles. The Labute approximate surface area is 176 Å². The van der Waals surface area contributed by atoms with Gasteiger partial charge in [0.2, 0.25) is 0 Å². The van der Waals surface area contributed by atoms with Crippen LogP contribution in [0.1, 0.15) is 24.5 Å². The van der Waals surface area contributed by atoms with E-state index in [0.717, 1.165) is 48.4 Å². The highest BCUT2D eigenvalue weighted by Gasteiger charge is 2.23. The second-order valence-electron chi connectivity index (χ2n) is 6.95. The number of nitrogens with one attached hydrogen (secondary N) is 1. The van der Waals surface area contributed by atoms with Crippen LogP contribution in [0.2, 0.25) is 0 Å². The van der Waals surface area contributed by atoms with E-state index in [1.165, 1.54) is 18.3 Å². The molecule has 3 aromatic rings. The normalized spacial score (nSPS) is 15.0. The lowest BCUT2D eigenvalue weighted by Crippen LogP contribution is -2.29. The van der Waals surface area contributed by atoms with Crippen molar-refractivity contribution in [1.29, 1.82) is 0 Å². The standard InChI is InChI=1S/C21H21F2N3.2ClH/c1-26-10-7-14(8-11-26)20-12-18(17-6-9-24-13-19(17)23)21(25-20)15-2-4-16(22)5-3-15;;/h2-6,9,12-14,25H,7-8,10-11H2,1H3;2*1H. The molecule has 28 heavy (non-hydrogen) atoms. The molecule has 0 atom stereocenters. The first-order chi connectivity index (χ1) is 12.6. The minimum absolute atomic E-state index is 0. The van der Waals surface area contributed by atoms with Crippen LogP contribution in [0.5, 0.6) is 0 Å². The zero-order valence-corrected chi connectivity index (χ0v) is 17.1. The van der Waals surface area contributed by atoms with E-state index in [9.17, 15) is 8.78 Å². The molecule has 4 rings (SSSR count). The van der Waals surface area contributed by atoms with Crippen LogP contribution in [0.25, 0.3) is 22.4 Å². The van der Waals surface area contributed by atoms with E-state index in [1.807, 2.05) is 6.07 Å². The van der Waals surface area contributed by atoms with Gasteiger partial charge in [0.15, 0.2) is 0 Å². The van der Waals surface area contributed by atoms with Crippen molar-refractivity contribution in [2.75, 3.05) is 20.1 Å². The predicted octanol–water partition coefficient (Wildman–Crippen LogP) is 5.67. The highest BCUT2D eigenvalue weighted by atomic mass is 35.5. The smallest absolute Gasteiger partial charge is 0.149 e. The van der Waals surface area contributed by atoms with E-state index in [0.29, 0.717) is 11.5 Å².